The first-order valence-electron chi connectivity index (χ1n) is 24.9. The van der Waals surface area contributed by atoms with Crippen LogP contribution >= 0.6 is 95.6 Å². The minimum absolute atomic E-state index is 0.108. The fraction of sp³-hybridized carbons (Fsp3) is 0.189. The number of esters is 2. The summed E-state index contributed by atoms with van der Waals surface area (Å²) in [6.45, 7) is 10.3. The molecule has 0 aliphatic carbocycles. The van der Waals surface area contributed by atoms with Gasteiger partial charge in [0.1, 0.15) is 39.2 Å². The van der Waals surface area contributed by atoms with Gasteiger partial charge in [-0.1, -0.05) is 36.4 Å². The predicted molar refractivity (Wildman–Crippen MR) is 345 cm³/mol. The van der Waals surface area contributed by atoms with E-state index in [9.17, 15) is 59.3 Å². The number of alkyl halides is 6. The number of nitrogens with one attached hydrogen (secondary N) is 2. The number of sulfonamides is 1. The number of fused-ring (bicyclic) bond motifs is 5. The average Bonchev–Trinajstić information content (AvgIpc) is 1.71. The Hall–Kier alpha value is -7.42. The lowest BCUT2D eigenvalue weighted by molar-refractivity contribution is -0.387. The van der Waals surface area contributed by atoms with E-state index < -0.39 is 45.1 Å². The molecule has 0 aliphatic rings. The van der Waals surface area contributed by atoms with Crippen molar-refractivity contribution < 1.29 is 58.8 Å². The SMILES string of the molecule is CC(=O)OC(=O)C(F)(F)F.Cc1nc(N)c2cccc(Br)n12.Cc1nc(NC(=O)C(F)(F)F)c2cccc(Br)n12.Cc1nc(NS(C)(=O)=O)c2cccc(Br)n12.Cc1nc([N+](=O)[O-])c2cccc(Br)n12.Cc1ncc2cccc(Br)n12.NCc1cccc(Br)n1. The second-order valence-electron chi connectivity index (χ2n) is 17.9. The van der Waals surface area contributed by atoms with Gasteiger partial charge in [0.15, 0.2) is 11.6 Å². The van der Waals surface area contributed by atoms with Crippen LogP contribution in [0.1, 0.15) is 41.7 Å². The predicted octanol–water partition coefficient (Wildman–Crippen LogP) is 13.3. The van der Waals surface area contributed by atoms with E-state index in [1.807, 2.05) is 109 Å². The minimum atomic E-state index is -5.09. The number of anilines is 3. The Balaban J connectivity index is 0.000000193. The van der Waals surface area contributed by atoms with Crippen LogP contribution in [0.3, 0.4) is 0 Å². The molecule has 0 saturated heterocycles. The zero-order valence-electron chi connectivity index (χ0n) is 47.4. The van der Waals surface area contributed by atoms with Crippen molar-refractivity contribution in [3.05, 3.63) is 188 Å². The maximum Gasteiger partial charge on any atom is 0.491 e. The fourth-order valence-electron chi connectivity index (χ4n) is 7.64. The number of nitrogen functional groups attached to an aromatic ring is 1. The number of aromatic nitrogens is 11. The van der Waals surface area contributed by atoms with Crippen LogP contribution in [0.2, 0.25) is 0 Å². The lowest BCUT2D eigenvalue weighted by atomic mass is 10.4. The van der Waals surface area contributed by atoms with E-state index in [-0.39, 0.29) is 11.6 Å². The highest BCUT2D eigenvalue weighted by Crippen LogP contribution is 2.28. The first-order valence-corrected chi connectivity index (χ1v) is 31.6. The molecule has 0 unspecified atom stereocenters. The number of carbonyl (C=O) groups excluding carboxylic acids is 3. The lowest BCUT2D eigenvalue weighted by Crippen LogP contribution is -2.30. The van der Waals surface area contributed by atoms with Crippen molar-refractivity contribution in [2.75, 3.05) is 22.0 Å². The molecule has 0 radical (unpaired) electrons. The number of ether oxygens (including phenoxy) is 1. The molecule has 0 spiro atoms. The molecular weight excluding hydrogens is 1610 g/mol. The number of amides is 1. The van der Waals surface area contributed by atoms with Gasteiger partial charge in [-0.3, -0.25) is 36.3 Å². The van der Waals surface area contributed by atoms with Gasteiger partial charge in [0, 0.05) is 20.4 Å². The summed E-state index contributed by atoms with van der Waals surface area (Å²) in [7, 11) is -3.31. The van der Waals surface area contributed by atoms with E-state index in [1.54, 1.807) is 64.4 Å². The molecule has 90 heavy (non-hydrogen) atoms. The van der Waals surface area contributed by atoms with Crippen LogP contribution in [0.4, 0.5) is 49.6 Å². The molecule has 0 aromatic carbocycles. The van der Waals surface area contributed by atoms with Crippen LogP contribution in [-0.4, -0.2) is 102 Å². The monoisotopic (exact) mass is 1660 g/mol. The molecule has 11 aromatic heterocycles. The van der Waals surface area contributed by atoms with Crippen molar-refractivity contribution in [1.82, 2.24) is 51.9 Å². The van der Waals surface area contributed by atoms with Gasteiger partial charge < -0.3 is 31.6 Å². The number of nitrogens with two attached hydrogens (primary N) is 2. The summed E-state index contributed by atoms with van der Waals surface area (Å²) < 4.78 is 112. The molecular formula is C53H48Br6F6N16O8S. The molecule has 11 aromatic rings. The smallest absolute Gasteiger partial charge is 0.387 e. The molecule has 11 rings (SSSR count). The topological polar surface area (TPSA) is 313 Å². The van der Waals surface area contributed by atoms with Gasteiger partial charge in [0.2, 0.25) is 15.8 Å². The number of nitro groups is 1. The Labute approximate surface area is 556 Å². The summed E-state index contributed by atoms with van der Waals surface area (Å²) >= 11 is 20.1. The number of pyridine rings is 6. The van der Waals surface area contributed by atoms with Crippen molar-refractivity contribution in [2.45, 2.75) is 60.4 Å². The maximum atomic E-state index is 12.2. The second kappa shape index (κ2) is 31.5. The highest BCUT2D eigenvalue weighted by molar-refractivity contribution is 9.11. The number of carbonyl (C=O) groups is 3. The molecule has 11 heterocycles. The van der Waals surface area contributed by atoms with Crippen LogP contribution in [0.15, 0.2) is 143 Å². The highest BCUT2D eigenvalue weighted by atomic mass is 79.9. The minimum Gasteiger partial charge on any atom is -0.387 e. The van der Waals surface area contributed by atoms with Gasteiger partial charge in [-0.25, -0.2) is 38.1 Å². The average molecular weight is 1660 g/mol. The van der Waals surface area contributed by atoms with Crippen molar-refractivity contribution in [1.29, 1.82) is 0 Å². The van der Waals surface area contributed by atoms with E-state index in [4.69, 9.17) is 11.5 Å². The van der Waals surface area contributed by atoms with Crippen LogP contribution in [0, 0.1) is 44.7 Å². The summed E-state index contributed by atoms with van der Waals surface area (Å²) in [5, 5.41) is 12.4. The number of rotatable bonds is 5. The van der Waals surface area contributed by atoms with Gasteiger partial charge in [-0.2, -0.15) is 26.3 Å². The molecule has 0 atom stereocenters. The van der Waals surface area contributed by atoms with Crippen molar-refractivity contribution in [3.8, 4) is 0 Å². The number of hydrogen-bond acceptors (Lipinski definition) is 16. The molecule has 0 aliphatic heterocycles. The number of aryl methyl sites for hydroxylation is 5. The summed E-state index contributed by atoms with van der Waals surface area (Å²) in [5.41, 5.74) is 15.6. The number of nitrogens with zero attached hydrogens (tertiary/aromatic N) is 12. The van der Waals surface area contributed by atoms with E-state index >= 15 is 0 Å². The molecule has 24 nitrogen and oxygen atoms in total. The summed E-state index contributed by atoms with van der Waals surface area (Å²) in [4.78, 5) is 64.9. The van der Waals surface area contributed by atoms with E-state index in [0.29, 0.717) is 58.2 Å². The zero-order chi connectivity index (χ0) is 67.3. The van der Waals surface area contributed by atoms with Crippen molar-refractivity contribution >= 4 is 174 Å². The van der Waals surface area contributed by atoms with E-state index in [2.05, 4.69) is 139 Å². The molecule has 0 saturated carbocycles. The third kappa shape index (κ3) is 19.8. The quantitative estimate of drug-likeness (QED) is 0.0311. The number of hydrogen-bond donors (Lipinski definition) is 4. The molecule has 37 heteroatoms. The lowest BCUT2D eigenvalue weighted by Gasteiger charge is -2.05. The number of imidazole rings is 5. The molecule has 6 N–H and O–H groups in total. The zero-order valence-corrected chi connectivity index (χ0v) is 57.7. The Bertz CT molecular complexity index is 4540. The van der Waals surface area contributed by atoms with Crippen molar-refractivity contribution in [3.63, 3.8) is 0 Å². The van der Waals surface area contributed by atoms with Gasteiger partial charge in [-0.05, 0) is 206 Å². The number of halogens is 12. The van der Waals surface area contributed by atoms with Gasteiger partial charge in [0.05, 0.1) is 63.2 Å². The standard InChI is InChI=1S/C10H7BrF3N3O.C9H10BrN3O2S.C8H6BrN3O2.C8H8BrN3.C8H7BrN2.C6H7BrN2.C4H3F3O3/c1-5-15-8(16-9(18)10(12,13)14)6-3-2-4-7(11)17(5)6;1-6-11-9(12-16(2,14)15)7-4-3-5-8(10)13(6)7;1-5-10-8(12(13)14)6-3-2-4-7(9)11(5)6;1-5-11-8(10)6-3-2-4-7(9)12(5)6;1-6-10-5-7-3-2-4-8(9)11(6)7;7-6-3-1-2-5(4-8)9-6;1-2(8)10-3(9)4(5,6)7/h2-4H,1H3,(H,16,18);3-5,12H,1-2H3;2-4H,1H3;2-4H,10H2,1H3;2-5H,1H3;1-3H,4,8H2;1H3. The Morgan fingerprint density at radius 1 is 0.589 bits per heavy atom. The molecule has 0 bridgehead atoms. The Morgan fingerprint density at radius 3 is 1.43 bits per heavy atom. The molecule has 478 valence electrons. The fourth-order valence-corrected chi connectivity index (χ4v) is 11.5. The summed E-state index contributed by atoms with van der Waals surface area (Å²) in [6, 6.07) is 33.2. The van der Waals surface area contributed by atoms with Crippen molar-refractivity contribution in [2.24, 2.45) is 5.73 Å². The van der Waals surface area contributed by atoms with Gasteiger partial charge in [0.25, 0.3) is 0 Å². The van der Waals surface area contributed by atoms with Crippen LogP contribution < -0.4 is 21.5 Å². The van der Waals surface area contributed by atoms with E-state index in [1.165, 1.54) is 0 Å². The van der Waals surface area contributed by atoms with Crippen LogP contribution in [0.25, 0.3) is 27.6 Å². The normalized spacial score (nSPS) is 11.1. The summed E-state index contributed by atoms with van der Waals surface area (Å²) in [5.74, 6) is -1.41. The largest absolute Gasteiger partial charge is 0.491 e. The molecule has 0 fully saturated rings. The third-order valence-corrected chi connectivity index (χ3v) is 15.3. The Kier molecular flexibility index (Phi) is 25.7. The maximum absolute atomic E-state index is 12.2. The van der Waals surface area contributed by atoms with E-state index in [0.717, 1.165) is 63.2 Å². The van der Waals surface area contributed by atoms with Crippen LogP contribution in [-0.2, 0) is 35.7 Å². The van der Waals surface area contributed by atoms with Gasteiger partial charge in [-0.15, -0.1) is 0 Å². The summed E-state index contributed by atoms with van der Waals surface area (Å²) in [6.07, 6.45) is -7.06. The molecule has 1 amide bonds. The van der Waals surface area contributed by atoms with Crippen LogP contribution in [0.5, 0.6) is 0 Å². The van der Waals surface area contributed by atoms with Gasteiger partial charge >= 0.3 is 36.0 Å². The third-order valence-electron chi connectivity index (χ3n) is 11.2. The Morgan fingerprint density at radius 2 is 1.01 bits per heavy atom. The first-order chi connectivity index (χ1) is 41.9. The highest BCUT2D eigenvalue weighted by Gasteiger charge is 2.42. The first kappa shape index (κ1) is 73.3. The second-order valence-corrected chi connectivity index (χ2v) is 24.5.